The largest absolute Gasteiger partial charge is 0.462 e. The maximum absolute atomic E-state index is 14.1. The van der Waals surface area contributed by atoms with E-state index in [0.717, 1.165) is 34.6 Å². The number of carbonyl (C=O) groups is 6. The van der Waals surface area contributed by atoms with Gasteiger partial charge in [-0.15, -0.1) is 0 Å². The van der Waals surface area contributed by atoms with E-state index in [1.54, 1.807) is 6.92 Å². The molecular formula is C30H40O14. The number of hydrogen-bond acceptors (Lipinski definition) is 14. The van der Waals surface area contributed by atoms with Crippen molar-refractivity contribution in [3.05, 3.63) is 12.2 Å². The molecular weight excluding hydrogens is 584 g/mol. The maximum Gasteiger partial charge on any atom is 0.303 e. The summed E-state index contributed by atoms with van der Waals surface area (Å²) in [5.74, 6) is -7.43. The normalized spacial score (nSPS) is 42.6. The summed E-state index contributed by atoms with van der Waals surface area (Å²) in [4.78, 5) is 78.1. The molecule has 4 aliphatic rings. The second-order valence-corrected chi connectivity index (χ2v) is 12.6. The van der Waals surface area contributed by atoms with Crippen molar-refractivity contribution < 1.29 is 67.4 Å². The molecule has 44 heavy (non-hydrogen) atoms. The third-order valence-corrected chi connectivity index (χ3v) is 10.1. The van der Waals surface area contributed by atoms with E-state index in [1.165, 1.54) is 6.92 Å². The van der Waals surface area contributed by atoms with Crippen molar-refractivity contribution in [2.24, 2.45) is 22.7 Å². The quantitative estimate of drug-likeness (QED) is 0.233. The molecule has 0 radical (unpaired) electrons. The summed E-state index contributed by atoms with van der Waals surface area (Å²) >= 11 is 0. The van der Waals surface area contributed by atoms with Crippen LogP contribution >= 0.6 is 0 Å². The van der Waals surface area contributed by atoms with Crippen LogP contribution in [0.4, 0.5) is 0 Å². The van der Waals surface area contributed by atoms with Gasteiger partial charge in [-0.1, -0.05) is 13.5 Å². The number of aliphatic hydroxyl groups excluding tert-OH is 2. The fraction of sp³-hybridized carbons (Fsp3) is 0.733. The number of fused-ring (bicyclic) bond motifs is 1. The van der Waals surface area contributed by atoms with E-state index in [2.05, 4.69) is 6.58 Å². The molecule has 1 saturated heterocycles. The molecule has 0 aromatic carbocycles. The highest BCUT2D eigenvalue weighted by Crippen LogP contribution is 2.68. The Bertz CT molecular complexity index is 1290. The molecule has 4 fully saturated rings. The second-order valence-electron chi connectivity index (χ2n) is 12.6. The van der Waals surface area contributed by atoms with Crippen molar-refractivity contribution in [1.82, 2.24) is 0 Å². The van der Waals surface area contributed by atoms with Gasteiger partial charge in [0.25, 0.3) is 0 Å². The summed E-state index contributed by atoms with van der Waals surface area (Å²) in [5, 5.41) is 22.7. The molecule has 3 aliphatic carbocycles. The Morgan fingerprint density at radius 2 is 1.43 bits per heavy atom. The van der Waals surface area contributed by atoms with E-state index in [4.69, 9.17) is 28.4 Å². The minimum Gasteiger partial charge on any atom is -0.462 e. The van der Waals surface area contributed by atoms with Crippen molar-refractivity contribution in [3.8, 4) is 0 Å². The van der Waals surface area contributed by atoms with E-state index < -0.39 is 107 Å². The molecule has 2 N–H and O–H groups in total. The number of aliphatic hydroxyl groups is 2. The molecule has 1 aliphatic heterocycles. The fourth-order valence-electron chi connectivity index (χ4n) is 8.51. The van der Waals surface area contributed by atoms with Crippen LogP contribution in [-0.2, 0) is 57.2 Å². The topological polar surface area (TPSA) is 198 Å². The lowest BCUT2D eigenvalue weighted by Gasteiger charge is -2.65. The van der Waals surface area contributed by atoms with Crippen molar-refractivity contribution >= 4 is 35.6 Å². The summed E-state index contributed by atoms with van der Waals surface area (Å²) in [5.41, 5.74) is -7.72. The Hall–Kier alpha value is -3.36. The number of carbonyl (C=O) groups excluding carboxylic acids is 6. The third kappa shape index (κ3) is 4.55. The highest BCUT2D eigenvalue weighted by atomic mass is 16.6. The predicted octanol–water partition coefficient (Wildman–Crippen LogP) is 0.329. The monoisotopic (exact) mass is 624 g/mol. The Morgan fingerprint density at radius 1 is 0.886 bits per heavy atom. The average molecular weight is 625 g/mol. The molecule has 1 unspecified atom stereocenters. The first-order valence-corrected chi connectivity index (χ1v) is 14.4. The number of ether oxygens (including phenoxy) is 6. The molecule has 0 aromatic heterocycles. The highest BCUT2D eigenvalue weighted by molar-refractivity contribution is 5.92. The smallest absolute Gasteiger partial charge is 0.303 e. The Labute approximate surface area is 254 Å². The van der Waals surface area contributed by atoms with E-state index in [9.17, 15) is 39.0 Å². The first kappa shape index (κ1) is 33.5. The van der Waals surface area contributed by atoms with Crippen LogP contribution in [-0.4, -0.2) is 101 Å². The SMILES string of the molecule is C=C1[C@@H](O)C[C@H](OC(C)=O)[C@@]2(CO)[C@@H](OC(C)=O)[C@H](OC(C)=O)[C@]3(OC(C)=O)C4(C)CO[C@]3(C)C(=O)C[C@H]4[C@@H](OC(C)=O)[C@H]12. The van der Waals surface area contributed by atoms with Crippen LogP contribution in [0.25, 0.3) is 0 Å². The van der Waals surface area contributed by atoms with Gasteiger partial charge in [0.05, 0.1) is 24.7 Å². The Balaban J connectivity index is 2.25. The van der Waals surface area contributed by atoms with Crippen LogP contribution < -0.4 is 0 Å². The molecule has 14 heteroatoms. The average Bonchev–Trinajstić information content (AvgIpc) is 3.05. The van der Waals surface area contributed by atoms with Gasteiger partial charge < -0.3 is 38.6 Å². The van der Waals surface area contributed by atoms with E-state index in [-0.39, 0.29) is 25.0 Å². The first-order valence-electron chi connectivity index (χ1n) is 14.4. The van der Waals surface area contributed by atoms with Crippen molar-refractivity contribution in [3.63, 3.8) is 0 Å². The van der Waals surface area contributed by atoms with Crippen LogP contribution in [0, 0.1) is 22.7 Å². The van der Waals surface area contributed by atoms with E-state index in [0.29, 0.717) is 0 Å². The predicted molar refractivity (Wildman–Crippen MR) is 145 cm³/mol. The maximum atomic E-state index is 14.1. The zero-order valence-corrected chi connectivity index (χ0v) is 25.9. The van der Waals surface area contributed by atoms with Crippen LogP contribution in [0.1, 0.15) is 61.3 Å². The molecule has 3 saturated carbocycles. The third-order valence-electron chi connectivity index (χ3n) is 10.1. The summed E-state index contributed by atoms with van der Waals surface area (Å²) in [6.45, 7) is 11.2. The summed E-state index contributed by atoms with van der Waals surface area (Å²) in [6.07, 6.45) is -8.59. The second kappa shape index (κ2) is 11.2. The molecule has 0 aromatic rings. The van der Waals surface area contributed by atoms with Gasteiger partial charge in [-0.25, -0.2) is 0 Å². The van der Waals surface area contributed by atoms with Crippen LogP contribution in [0.2, 0.25) is 0 Å². The molecule has 1 heterocycles. The van der Waals surface area contributed by atoms with Gasteiger partial charge in [0.1, 0.15) is 12.2 Å². The lowest BCUT2D eigenvalue weighted by atomic mass is 9.43. The lowest BCUT2D eigenvalue weighted by molar-refractivity contribution is -0.305. The standard InChI is InChI=1S/C30H40O14/c1-13-20(37)10-22(40-14(2)32)29(11-31)23(13)24(41-15(3)33)19-9-21(38)28(8)30(44-18(6)36,27(19,7)12-39-28)26(43-17(5)35)25(29)42-16(4)34/h19-20,22-26,31,37H,1,9-12H2,2-8H3/t19-,20-,22-,23-,24+,25-,26-,27?,28+,29+,30-/m0/s1. The van der Waals surface area contributed by atoms with Gasteiger partial charge >= 0.3 is 29.8 Å². The molecule has 0 amide bonds. The number of ketones is 1. The Morgan fingerprint density at radius 3 is 1.93 bits per heavy atom. The van der Waals surface area contributed by atoms with Crippen molar-refractivity contribution in [2.45, 2.75) is 103 Å². The molecule has 4 bridgehead atoms. The molecule has 0 spiro atoms. The molecule has 14 nitrogen and oxygen atoms in total. The zero-order chi connectivity index (χ0) is 33.2. The van der Waals surface area contributed by atoms with E-state index in [1.807, 2.05) is 0 Å². The minimum absolute atomic E-state index is 0.0238. The van der Waals surface area contributed by atoms with Crippen molar-refractivity contribution in [1.29, 1.82) is 0 Å². The van der Waals surface area contributed by atoms with Gasteiger partial charge in [-0.3, -0.25) is 28.8 Å². The highest BCUT2D eigenvalue weighted by Gasteiger charge is 2.85. The van der Waals surface area contributed by atoms with Crippen molar-refractivity contribution in [2.75, 3.05) is 13.2 Å². The minimum atomic E-state index is -2.23. The number of Topliss-reactive ketones (excluding diaryl/α,β-unsaturated/α-hetero) is 1. The molecule has 11 atom stereocenters. The summed E-state index contributed by atoms with van der Waals surface area (Å²) < 4.78 is 35.7. The molecule has 4 rings (SSSR count). The molecule has 244 valence electrons. The Kier molecular flexibility index (Phi) is 8.55. The fourth-order valence-corrected chi connectivity index (χ4v) is 8.51. The lowest BCUT2D eigenvalue weighted by Crippen LogP contribution is -2.82. The number of hydrogen-bond donors (Lipinski definition) is 2. The zero-order valence-electron chi connectivity index (χ0n) is 25.9. The van der Waals surface area contributed by atoms with Gasteiger partial charge in [0.15, 0.2) is 29.2 Å². The summed E-state index contributed by atoms with van der Waals surface area (Å²) in [6, 6.07) is 0. The van der Waals surface area contributed by atoms with Gasteiger partial charge in [0.2, 0.25) is 0 Å². The van der Waals surface area contributed by atoms with Gasteiger partial charge in [-0.2, -0.15) is 0 Å². The first-order chi connectivity index (χ1) is 20.3. The van der Waals surface area contributed by atoms with Crippen LogP contribution in [0.15, 0.2) is 12.2 Å². The summed E-state index contributed by atoms with van der Waals surface area (Å²) in [7, 11) is 0. The van der Waals surface area contributed by atoms with Gasteiger partial charge in [0, 0.05) is 64.7 Å². The number of rotatable bonds is 6. The van der Waals surface area contributed by atoms with Crippen LogP contribution in [0.5, 0.6) is 0 Å². The van der Waals surface area contributed by atoms with Gasteiger partial charge in [-0.05, 0) is 12.5 Å². The van der Waals surface area contributed by atoms with E-state index >= 15 is 0 Å². The van der Waals surface area contributed by atoms with Crippen LogP contribution in [0.3, 0.4) is 0 Å². The number of esters is 5.